The first-order valence-corrected chi connectivity index (χ1v) is 5.49. The molecule has 0 aliphatic rings. The lowest BCUT2D eigenvalue weighted by Gasteiger charge is -2.08. The number of rotatable bonds is 3. The molecule has 5 nitrogen and oxygen atoms in total. The standard InChI is InChI=1S/C13H14N2O3/c1-8-5-4-6-9(2)12(8)18-11-7-10(14-15-11)13(16)17-3/h4-7H,1-3H3,(H,14,15). The molecule has 2 aromatic rings. The third-order valence-electron chi connectivity index (χ3n) is 2.58. The van der Waals surface area contributed by atoms with E-state index in [1.54, 1.807) is 0 Å². The lowest BCUT2D eigenvalue weighted by molar-refractivity contribution is 0.0594. The Morgan fingerprint density at radius 3 is 2.56 bits per heavy atom. The highest BCUT2D eigenvalue weighted by Gasteiger charge is 2.12. The fraction of sp³-hybridized carbons (Fsp3) is 0.231. The van der Waals surface area contributed by atoms with Gasteiger partial charge in [0.2, 0.25) is 5.88 Å². The number of aryl methyl sites for hydroxylation is 2. The third kappa shape index (κ3) is 2.34. The topological polar surface area (TPSA) is 64.2 Å². The SMILES string of the molecule is COC(=O)c1cc(Oc2c(C)cccc2C)n[nH]1. The van der Waals surface area contributed by atoms with Crippen LogP contribution in [0.15, 0.2) is 24.3 Å². The Hall–Kier alpha value is -2.30. The summed E-state index contributed by atoms with van der Waals surface area (Å²) in [7, 11) is 1.31. The van der Waals surface area contributed by atoms with Crippen LogP contribution >= 0.6 is 0 Å². The molecule has 1 aromatic heterocycles. The van der Waals surface area contributed by atoms with Crippen molar-refractivity contribution >= 4 is 5.97 Å². The molecule has 1 heterocycles. The van der Waals surface area contributed by atoms with Crippen molar-refractivity contribution in [1.82, 2.24) is 10.2 Å². The number of methoxy groups -OCH3 is 1. The van der Waals surface area contributed by atoms with Gasteiger partial charge in [-0.3, -0.25) is 5.10 Å². The number of aromatic amines is 1. The van der Waals surface area contributed by atoms with Crippen LogP contribution in [0.2, 0.25) is 0 Å². The van der Waals surface area contributed by atoms with E-state index >= 15 is 0 Å². The van der Waals surface area contributed by atoms with E-state index in [2.05, 4.69) is 14.9 Å². The third-order valence-corrected chi connectivity index (χ3v) is 2.58. The molecule has 1 N–H and O–H groups in total. The number of carbonyl (C=O) groups excluding carboxylic acids is 1. The number of aromatic nitrogens is 2. The average Bonchev–Trinajstić information content (AvgIpc) is 2.81. The zero-order chi connectivity index (χ0) is 13.1. The fourth-order valence-electron chi connectivity index (χ4n) is 1.63. The van der Waals surface area contributed by atoms with Gasteiger partial charge in [-0.25, -0.2) is 4.79 Å². The van der Waals surface area contributed by atoms with E-state index < -0.39 is 5.97 Å². The Bertz CT molecular complexity index is 555. The van der Waals surface area contributed by atoms with Gasteiger partial charge < -0.3 is 9.47 Å². The number of hydrogen-bond donors (Lipinski definition) is 1. The van der Waals surface area contributed by atoms with Gasteiger partial charge in [0, 0.05) is 6.07 Å². The van der Waals surface area contributed by atoms with Crippen molar-refractivity contribution in [2.24, 2.45) is 0 Å². The van der Waals surface area contributed by atoms with Crippen molar-refractivity contribution in [3.63, 3.8) is 0 Å². The molecule has 0 bridgehead atoms. The summed E-state index contributed by atoms with van der Waals surface area (Å²) < 4.78 is 10.2. The Morgan fingerprint density at radius 2 is 1.94 bits per heavy atom. The maximum Gasteiger partial charge on any atom is 0.356 e. The van der Waals surface area contributed by atoms with Crippen LogP contribution in [0.1, 0.15) is 21.6 Å². The summed E-state index contributed by atoms with van der Waals surface area (Å²) in [4.78, 5) is 11.3. The number of esters is 1. The summed E-state index contributed by atoms with van der Waals surface area (Å²) in [6.45, 7) is 3.91. The maximum atomic E-state index is 11.3. The zero-order valence-electron chi connectivity index (χ0n) is 10.5. The molecule has 0 unspecified atom stereocenters. The molecule has 0 amide bonds. The van der Waals surface area contributed by atoms with Gasteiger partial charge in [0.1, 0.15) is 11.4 Å². The molecule has 0 atom stereocenters. The monoisotopic (exact) mass is 246 g/mol. The summed E-state index contributed by atoms with van der Waals surface area (Å²) in [6.07, 6.45) is 0. The number of carbonyl (C=O) groups is 1. The highest BCUT2D eigenvalue weighted by molar-refractivity contribution is 5.87. The van der Waals surface area contributed by atoms with Crippen LogP contribution in [0, 0.1) is 13.8 Å². The first kappa shape index (κ1) is 12.2. The van der Waals surface area contributed by atoms with Crippen LogP contribution in [0.4, 0.5) is 0 Å². The molecular weight excluding hydrogens is 232 g/mol. The second-order valence-corrected chi connectivity index (χ2v) is 3.93. The quantitative estimate of drug-likeness (QED) is 0.845. The van der Waals surface area contributed by atoms with Gasteiger partial charge in [0.25, 0.3) is 0 Å². The predicted octanol–water partition coefficient (Wildman–Crippen LogP) is 2.61. The van der Waals surface area contributed by atoms with E-state index in [0.717, 1.165) is 16.9 Å². The van der Waals surface area contributed by atoms with Crippen LogP contribution in [-0.4, -0.2) is 23.3 Å². The molecule has 1 aromatic carbocycles. The second-order valence-electron chi connectivity index (χ2n) is 3.93. The number of ether oxygens (including phenoxy) is 2. The number of hydrogen-bond acceptors (Lipinski definition) is 4. The minimum atomic E-state index is -0.473. The summed E-state index contributed by atoms with van der Waals surface area (Å²) in [6, 6.07) is 7.38. The summed E-state index contributed by atoms with van der Waals surface area (Å²) in [5.74, 6) is 0.618. The van der Waals surface area contributed by atoms with Crippen molar-refractivity contribution in [2.75, 3.05) is 7.11 Å². The van der Waals surface area contributed by atoms with E-state index in [0.29, 0.717) is 5.88 Å². The van der Waals surface area contributed by atoms with Crippen molar-refractivity contribution in [3.05, 3.63) is 41.1 Å². The van der Waals surface area contributed by atoms with Crippen LogP contribution in [0.25, 0.3) is 0 Å². The lowest BCUT2D eigenvalue weighted by atomic mass is 10.1. The molecule has 0 aliphatic carbocycles. The summed E-state index contributed by atoms with van der Waals surface area (Å²) in [5.41, 5.74) is 2.29. The number of para-hydroxylation sites is 1. The van der Waals surface area contributed by atoms with Crippen molar-refractivity contribution < 1.29 is 14.3 Å². The highest BCUT2D eigenvalue weighted by Crippen LogP contribution is 2.27. The van der Waals surface area contributed by atoms with E-state index in [9.17, 15) is 4.79 Å². The minimum absolute atomic E-state index is 0.263. The Balaban J connectivity index is 2.24. The van der Waals surface area contributed by atoms with Gasteiger partial charge in [-0.15, -0.1) is 5.10 Å². The van der Waals surface area contributed by atoms with Crippen LogP contribution in [-0.2, 0) is 4.74 Å². The molecule has 0 aliphatic heterocycles. The smallest absolute Gasteiger partial charge is 0.356 e. The van der Waals surface area contributed by atoms with Gasteiger partial charge in [-0.05, 0) is 25.0 Å². The van der Waals surface area contributed by atoms with Gasteiger partial charge in [0.05, 0.1) is 7.11 Å². The van der Waals surface area contributed by atoms with E-state index in [1.807, 2.05) is 32.0 Å². The van der Waals surface area contributed by atoms with Crippen LogP contribution in [0.5, 0.6) is 11.6 Å². The van der Waals surface area contributed by atoms with Crippen LogP contribution in [0.3, 0.4) is 0 Å². The molecule has 94 valence electrons. The van der Waals surface area contributed by atoms with E-state index in [-0.39, 0.29) is 5.69 Å². The molecule has 2 rings (SSSR count). The minimum Gasteiger partial charge on any atom is -0.464 e. The van der Waals surface area contributed by atoms with Gasteiger partial charge >= 0.3 is 5.97 Å². The average molecular weight is 246 g/mol. The second kappa shape index (κ2) is 4.91. The fourth-order valence-corrected chi connectivity index (χ4v) is 1.63. The first-order valence-electron chi connectivity index (χ1n) is 5.49. The molecule has 0 radical (unpaired) electrons. The normalized spacial score (nSPS) is 10.2. The molecule has 18 heavy (non-hydrogen) atoms. The van der Waals surface area contributed by atoms with E-state index in [4.69, 9.17) is 4.74 Å². The number of H-pyrrole nitrogens is 1. The molecule has 0 spiro atoms. The van der Waals surface area contributed by atoms with E-state index in [1.165, 1.54) is 13.2 Å². The highest BCUT2D eigenvalue weighted by atomic mass is 16.5. The predicted molar refractivity (Wildman–Crippen MR) is 65.9 cm³/mol. The summed E-state index contributed by atoms with van der Waals surface area (Å²) >= 11 is 0. The molecule has 0 fully saturated rings. The zero-order valence-corrected chi connectivity index (χ0v) is 10.5. The number of nitrogens with one attached hydrogen (secondary N) is 1. The van der Waals surface area contributed by atoms with Gasteiger partial charge in [-0.2, -0.15) is 0 Å². The number of nitrogens with zero attached hydrogens (tertiary/aromatic N) is 1. The van der Waals surface area contributed by atoms with Crippen molar-refractivity contribution in [2.45, 2.75) is 13.8 Å². The largest absolute Gasteiger partial charge is 0.464 e. The summed E-state index contributed by atoms with van der Waals surface area (Å²) in [5, 5.41) is 6.48. The molecular formula is C13H14N2O3. The lowest BCUT2D eigenvalue weighted by Crippen LogP contribution is -2.00. The first-order chi connectivity index (χ1) is 8.61. The Morgan fingerprint density at radius 1 is 1.28 bits per heavy atom. The maximum absolute atomic E-state index is 11.3. The number of benzene rings is 1. The van der Waals surface area contributed by atoms with Gasteiger partial charge in [-0.1, -0.05) is 18.2 Å². The molecule has 5 heteroatoms. The molecule has 0 saturated carbocycles. The van der Waals surface area contributed by atoms with Gasteiger partial charge in [0.15, 0.2) is 0 Å². The Labute approximate surface area is 105 Å². The van der Waals surface area contributed by atoms with Crippen molar-refractivity contribution in [1.29, 1.82) is 0 Å². The van der Waals surface area contributed by atoms with Crippen molar-refractivity contribution in [3.8, 4) is 11.6 Å². The Kier molecular flexibility index (Phi) is 3.32. The molecule has 0 saturated heterocycles. The van der Waals surface area contributed by atoms with Crippen LogP contribution < -0.4 is 4.74 Å².